The minimum absolute atomic E-state index is 0.629. The molecule has 96 valence electrons. The summed E-state index contributed by atoms with van der Waals surface area (Å²) in [4.78, 5) is 2.02. The number of nitriles is 1. The summed E-state index contributed by atoms with van der Waals surface area (Å²) in [5.74, 6) is 0.823. The first-order valence-electron chi connectivity index (χ1n) is 5.72. The van der Waals surface area contributed by atoms with Crippen molar-refractivity contribution in [1.82, 2.24) is 0 Å². The smallest absolute Gasteiger partial charge is 0.119 e. The fraction of sp³-hybridized carbons (Fsp3) is 0.133. The van der Waals surface area contributed by atoms with E-state index in [0.29, 0.717) is 5.56 Å². The van der Waals surface area contributed by atoms with Gasteiger partial charge in [0.15, 0.2) is 0 Å². The van der Waals surface area contributed by atoms with E-state index in [1.165, 1.54) is 0 Å². The molecule has 0 bridgehead atoms. The van der Waals surface area contributed by atoms with Crippen molar-refractivity contribution < 1.29 is 4.74 Å². The number of hydrogen-bond donors (Lipinski definition) is 0. The first-order valence-corrected chi connectivity index (χ1v) is 6.52. The zero-order valence-electron chi connectivity index (χ0n) is 10.7. The Bertz CT molecular complexity index is 617. The molecule has 0 radical (unpaired) electrons. The first-order chi connectivity index (χ1) is 9.13. The standard InChI is InChI=1S/C15H13BrN2O/c1-18(13-3-5-15(19-2)6-4-13)14-8-11(10-17)7-12(16)9-14/h3-9H,1-2H3. The summed E-state index contributed by atoms with van der Waals surface area (Å²) in [7, 11) is 3.61. The van der Waals surface area contributed by atoms with E-state index in [1.807, 2.05) is 48.3 Å². The van der Waals surface area contributed by atoms with Crippen molar-refractivity contribution >= 4 is 27.3 Å². The van der Waals surface area contributed by atoms with Gasteiger partial charge in [-0.1, -0.05) is 15.9 Å². The van der Waals surface area contributed by atoms with Gasteiger partial charge in [0.1, 0.15) is 5.75 Å². The molecule has 0 fully saturated rings. The molecule has 2 aromatic carbocycles. The number of nitrogens with zero attached hydrogens (tertiary/aromatic N) is 2. The van der Waals surface area contributed by atoms with E-state index >= 15 is 0 Å². The maximum atomic E-state index is 9.00. The van der Waals surface area contributed by atoms with Gasteiger partial charge in [-0.25, -0.2) is 0 Å². The molecule has 0 saturated carbocycles. The summed E-state index contributed by atoms with van der Waals surface area (Å²) >= 11 is 3.42. The normalized spacial score (nSPS) is 9.79. The Morgan fingerprint density at radius 3 is 2.37 bits per heavy atom. The van der Waals surface area contributed by atoms with Gasteiger partial charge < -0.3 is 9.64 Å². The van der Waals surface area contributed by atoms with E-state index < -0.39 is 0 Å². The van der Waals surface area contributed by atoms with Crippen LogP contribution in [0.2, 0.25) is 0 Å². The maximum absolute atomic E-state index is 9.00. The molecule has 0 aliphatic carbocycles. The lowest BCUT2D eigenvalue weighted by Gasteiger charge is -2.20. The third kappa shape index (κ3) is 3.07. The van der Waals surface area contributed by atoms with Crippen molar-refractivity contribution in [2.75, 3.05) is 19.1 Å². The van der Waals surface area contributed by atoms with Gasteiger partial charge >= 0.3 is 0 Å². The number of halogens is 1. The molecular weight excluding hydrogens is 304 g/mol. The Morgan fingerprint density at radius 1 is 1.11 bits per heavy atom. The van der Waals surface area contributed by atoms with Crippen LogP contribution in [0, 0.1) is 11.3 Å². The largest absolute Gasteiger partial charge is 0.497 e. The molecule has 0 amide bonds. The first kappa shape index (κ1) is 13.4. The SMILES string of the molecule is COc1ccc(N(C)c2cc(Br)cc(C#N)c2)cc1. The van der Waals surface area contributed by atoms with Crippen LogP contribution in [-0.2, 0) is 0 Å². The highest BCUT2D eigenvalue weighted by atomic mass is 79.9. The van der Waals surface area contributed by atoms with Gasteiger partial charge in [0.25, 0.3) is 0 Å². The number of anilines is 2. The van der Waals surface area contributed by atoms with E-state index in [4.69, 9.17) is 10.00 Å². The van der Waals surface area contributed by atoms with Crippen LogP contribution in [0.15, 0.2) is 46.9 Å². The Balaban J connectivity index is 2.35. The molecule has 4 heteroatoms. The van der Waals surface area contributed by atoms with Crippen molar-refractivity contribution in [1.29, 1.82) is 5.26 Å². The molecule has 2 rings (SSSR count). The molecular formula is C15H13BrN2O. The Labute approximate surface area is 121 Å². The molecule has 0 heterocycles. The summed E-state index contributed by atoms with van der Waals surface area (Å²) in [6, 6.07) is 15.6. The van der Waals surface area contributed by atoms with Crippen LogP contribution in [0.4, 0.5) is 11.4 Å². The Hall–Kier alpha value is -1.99. The summed E-state index contributed by atoms with van der Waals surface area (Å²) < 4.78 is 6.03. The lowest BCUT2D eigenvalue weighted by molar-refractivity contribution is 0.415. The van der Waals surface area contributed by atoms with Gasteiger partial charge in [-0.3, -0.25) is 0 Å². The van der Waals surface area contributed by atoms with Crippen LogP contribution >= 0.6 is 15.9 Å². The summed E-state index contributed by atoms with van der Waals surface area (Å²) in [6.45, 7) is 0. The van der Waals surface area contributed by atoms with Gasteiger partial charge in [-0.2, -0.15) is 5.26 Å². The molecule has 2 aromatic rings. The molecule has 0 aliphatic rings. The summed E-state index contributed by atoms with van der Waals surface area (Å²) in [5, 5.41) is 9.00. The molecule has 3 nitrogen and oxygen atoms in total. The average molecular weight is 317 g/mol. The monoisotopic (exact) mass is 316 g/mol. The lowest BCUT2D eigenvalue weighted by Crippen LogP contribution is -2.09. The fourth-order valence-electron chi connectivity index (χ4n) is 1.79. The van der Waals surface area contributed by atoms with E-state index in [0.717, 1.165) is 21.6 Å². The topological polar surface area (TPSA) is 36.3 Å². The third-order valence-electron chi connectivity index (χ3n) is 2.86. The molecule has 19 heavy (non-hydrogen) atoms. The lowest BCUT2D eigenvalue weighted by atomic mass is 10.2. The molecule has 0 aromatic heterocycles. The van der Waals surface area contributed by atoms with E-state index in [2.05, 4.69) is 22.0 Å². The minimum Gasteiger partial charge on any atom is -0.497 e. The highest BCUT2D eigenvalue weighted by molar-refractivity contribution is 9.10. The van der Waals surface area contributed by atoms with Crippen LogP contribution in [0.5, 0.6) is 5.75 Å². The second kappa shape index (κ2) is 5.77. The fourth-order valence-corrected chi connectivity index (χ4v) is 2.27. The van der Waals surface area contributed by atoms with Crippen molar-refractivity contribution in [3.63, 3.8) is 0 Å². The minimum atomic E-state index is 0.629. The van der Waals surface area contributed by atoms with Crippen molar-refractivity contribution in [2.24, 2.45) is 0 Å². The van der Waals surface area contributed by atoms with Gasteiger partial charge in [0.05, 0.1) is 18.7 Å². The van der Waals surface area contributed by atoms with Crippen LogP contribution in [0.3, 0.4) is 0 Å². The number of rotatable bonds is 3. The zero-order valence-corrected chi connectivity index (χ0v) is 12.3. The van der Waals surface area contributed by atoms with E-state index in [9.17, 15) is 0 Å². The van der Waals surface area contributed by atoms with Crippen LogP contribution < -0.4 is 9.64 Å². The number of ether oxygens (including phenoxy) is 1. The molecule has 0 N–H and O–H groups in total. The van der Waals surface area contributed by atoms with Crippen molar-refractivity contribution in [3.05, 3.63) is 52.5 Å². The predicted octanol–water partition coefficient (Wildman–Crippen LogP) is 4.10. The number of methoxy groups -OCH3 is 1. The molecule has 0 spiro atoms. The highest BCUT2D eigenvalue weighted by Gasteiger charge is 2.06. The van der Waals surface area contributed by atoms with Gasteiger partial charge in [0, 0.05) is 22.9 Å². The van der Waals surface area contributed by atoms with Gasteiger partial charge in [-0.15, -0.1) is 0 Å². The number of benzene rings is 2. The maximum Gasteiger partial charge on any atom is 0.119 e. The van der Waals surface area contributed by atoms with E-state index in [-0.39, 0.29) is 0 Å². The Morgan fingerprint density at radius 2 is 1.79 bits per heavy atom. The summed E-state index contributed by atoms with van der Waals surface area (Å²) in [5.41, 5.74) is 2.61. The zero-order chi connectivity index (χ0) is 13.8. The van der Waals surface area contributed by atoms with Gasteiger partial charge in [0.2, 0.25) is 0 Å². The quantitative estimate of drug-likeness (QED) is 0.855. The number of hydrogen-bond acceptors (Lipinski definition) is 3. The van der Waals surface area contributed by atoms with Crippen LogP contribution in [-0.4, -0.2) is 14.2 Å². The molecule has 0 aliphatic heterocycles. The second-order valence-electron chi connectivity index (χ2n) is 4.07. The van der Waals surface area contributed by atoms with Gasteiger partial charge in [-0.05, 0) is 42.5 Å². The van der Waals surface area contributed by atoms with Crippen molar-refractivity contribution in [3.8, 4) is 11.8 Å². The highest BCUT2D eigenvalue weighted by Crippen LogP contribution is 2.28. The predicted molar refractivity (Wildman–Crippen MR) is 79.9 cm³/mol. The molecule has 0 unspecified atom stereocenters. The van der Waals surface area contributed by atoms with Crippen molar-refractivity contribution in [2.45, 2.75) is 0 Å². The summed E-state index contributed by atoms with van der Waals surface area (Å²) in [6.07, 6.45) is 0. The third-order valence-corrected chi connectivity index (χ3v) is 3.32. The van der Waals surface area contributed by atoms with Crippen LogP contribution in [0.25, 0.3) is 0 Å². The van der Waals surface area contributed by atoms with Crippen LogP contribution in [0.1, 0.15) is 5.56 Å². The Kier molecular flexibility index (Phi) is 4.08. The van der Waals surface area contributed by atoms with E-state index in [1.54, 1.807) is 13.2 Å². The molecule has 0 saturated heterocycles. The average Bonchev–Trinajstić information content (AvgIpc) is 2.46. The molecule has 0 atom stereocenters. The second-order valence-corrected chi connectivity index (χ2v) is 4.98.